The molecule has 1 aromatic heterocycles. The highest BCUT2D eigenvalue weighted by molar-refractivity contribution is 5.92. The molecule has 3 amide bonds. The highest BCUT2D eigenvalue weighted by Crippen LogP contribution is 2.49. The summed E-state index contributed by atoms with van der Waals surface area (Å²) < 4.78 is 30.3. The van der Waals surface area contributed by atoms with Gasteiger partial charge in [0.1, 0.15) is 18.1 Å². The van der Waals surface area contributed by atoms with Crippen molar-refractivity contribution in [2.45, 2.75) is 94.8 Å². The lowest BCUT2D eigenvalue weighted by Gasteiger charge is -2.54. The van der Waals surface area contributed by atoms with Gasteiger partial charge in [-0.1, -0.05) is 12.8 Å². The number of fused-ring (bicyclic) bond motifs is 3. The minimum Gasteiger partial charge on any atom is -0.372 e. The van der Waals surface area contributed by atoms with E-state index in [1.807, 2.05) is 19.1 Å². The zero-order valence-corrected chi connectivity index (χ0v) is 22.2. The van der Waals surface area contributed by atoms with Crippen LogP contribution in [0.5, 0.6) is 0 Å². The van der Waals surface area contributed by atoms with Crippen molar-refractivity contribution < 1.29 is 23.2 Å². The van der Waals surface area contributed by atoms with Crippen LogP contribution in [-0.4, -0.2) is 64.2 Å². The molecule has 9 nitrogen and oxygen atoms in total. The number of nitriles is 1. The van der Waals surface area contributed by atoms with E-state index in [0.717, 1.165) is 24.8 Å². The van der Waals surface area contributed by atoms with Gasteiger partial charge >= 0.3 is 0 Å². The summed E-state index contributed by atoms with van der Waals surface area (Å²) in [5.41, 5.74) is 1.58. The summed E-state index contributed by atoms with van der Waals surface area (Å²) in [4.78, 5) is 45.5. The maximum absolute atomic E-state index is 15.1. The molecular formula is C28H36F2N6O3. The SMILES string of the molecule is Cc1cncc(N[C@H](CC2CC2)C(=O)N2[C@H]3CC[C@@H]([C@@H]2C(=O)N[C@H](C#N)C[C@@H]2CCCNC2=O)C(F)(F)C3)c1. The van der Waals surface area contributed by atoms with Gasteiger partial charge in [-0.15, -0.1) is 0 Å². The third-order valence-electron chi connectivity index (χ3n) is 8.63. The molecule has 39 heavy (non-hydrogen) atoms. The summed E-state index contributed by atoms with van der Waals surface area (Å²) in [5.74, 6) is -5.77. The normalized spacial score (nSPS) is 29.1. The predicted octanol–water partition coefficient (Wildman–Crippen LogP) is 2.91. The molecule has 3 N–H and O–H groups in total. The zero-order valence-electron chi connectivity index (χ0n) is 22.2. The molecule has 0 spiro atoms. The Morgan fingerprint density at radius 2 is 2.03 bits per heavy atom. The summed E-state index contributed by atoms with van der Waals surface area (Å²) >= 11 is 0. The molecule has 210 valence electrons. The first-order chi connectivity index (χ1) is 18.7. The number of pyridine rings is 1. The van der Waals surface area contributed by atoms with Crippen LogP contribution < -0.4 is 16.0 Å². The standard InChI is InChI=1S/C28H36F2N6O3/c1-16-9-20(15-32-14-16)34-23(10-17-4-5-17)27(39)36-21-6-7-22(28(29,30)12-21)24(36)26(38)35-19(13-31)11-18-3-2-8-33-25(18)37/h9,14-15,17-19,21-24,34H,2-8,10-12H2,1H3,(H,33,37)(H,35,38)/t18-,19-,21-,22-,23+,24+/m0/s1. The monoisotopic (exact) mass is 542 g/mol. The van der Waals surface area contributed by atoms with E-state index in [9.17, 15) is 19.6 Å². The molecule has 6 rings (SSSR count). The molecule has 0 aromatic carbocycles. The van der Waals surface area contributed by atoms with Crippen molar-refractivity contribution in [1.29, 1.82) is 5.26 Å². The first-order valence-electron chi connectivity index (χ1n) is 14.0. The number of carbonyl (C=O) groups is 3. The summed E-state index contributed by atoms with van der Waals surface area (Å²) in [6, 6.07) is 0.0543. The lowest BCUT2D eigenvalue weighted by molar-refractivity contribution is -0.194. The Bertz CT molecular complexity index is 1150. The number of rotatable bonds is 9. The van der Waals surface area contributed by atoms with E-state index in [0.29, 0.717) is 37.4 Å². The van der Waals surface area contributed by atoms with Gasteiger partial charge in [-0.3, -0.25) is 19.4 Å². The number of piperidine rings is 3. The largest absolute Gasteiger partial charge is 0.372 e. The topological polar surface area (TPSA) is 127 Å². The number of nitrogens with one attached hydrogen (secondary N) is 3. The fourth-order valence-corrected chi connectivity index (χ4v) is 6.49. The van der Waals surface area contributed by atoms with Gasteiger partial charge in [-0.05, 0) is 63.0 Å². The Morgan fingerprint density at radius 1 is 1.23 bits per heavy atom. The highest BCUT2D eigenvalue weighted by Gasteiger charge is 2.61. The summed E-state index contributed by atoms with van der Waals surface area (Å²) in [5, 5.41) is 18.4. The molecule has 3 aliphatic heterocycles. The fourth-order valence-electron chi connectivity index (χ4n) is 6.49. The number of hydrogen-bond donors (Lipinski definition) is 3. The number of halogens is 2. The number of alkyl halides is 2. The van der Waals surface area contributed by atoms with E-state index in [-0.39, 0.29) is 24.7 Å². The molecule has 2 aliphatic carbocycles. The van der Waals surface area contributed by atoms with Gasteiger partial charge in [0, 0.05) is 37.3 Å². The predicted molar refractivity (Wildman–Crippen MR) is 138 cm³/mol. The average Bonchev–Trinajstić information content (AvgIpc) is 3.72. The van der Waals surface area contributed by atoms with Gasteiger partial charge in [-0.2, -0.15) is 5.26 Å². The number of hydrogen-bond acceptors (Lipinski definition) is 6. The smallest absolute Gasteiger partial charge is 0.255 e. The van der Waals surface area contributed by atoms with Crippen molar-refractivity contribution in [1.82, 2.24) is 20.5 Å². The molecule has 4 heterocycles. The van der Waals surface area contributed by atoms with Crippen molar-refractivity contribution in [2.24, 2.45) is 17.8 Å². The Labute approximate surface area is 227 Å². The number of aryl methyl sites for hydroxylation is 1. The quantitative estimate of drug-likeness (QED) is 0.440. The van der Waals surface area contributed by atoms with Gasteiger partial charge in [0.15, 0.2) is 0 Å². The molecule has 6 atom stereocenters. The summed E-state index contributed by atoms with van der Waals surface area (Å²) in [6.45, 7) is 2.47. The second-order valence-corrected chi connectivity index (χ2v) is 11.7. The van der Waals surface area contributed by atoms with E-state index in [1.165, 1.54) is 4.90 Å². The molecule has 5 aliphatic rings. The second kappa shape index (κ2) is 11.1. The molecule has 11 heteroatoms. The molecule has 0 radical (unpaired) electrons. The molecular weight excluding hydrogens is 506 g/mol. The maximum atomic E-state index is 15.1. The Balaban J connectivity index is 1.38. The van der Waals surface area contributed by atoms with Crippen LogP contribution in [0.25, 0.3) is 0 Å². The number of anilines is 1. The van der Waals surface area contributed by atoms with Crippen LogP contribution >= 0.6 is 0 Å². The number of amides is 3. The van der Waals surface area contributed by atoms with Crippen molar-refractivity contribution >= 4 is 23.4 Å². The lowest BCUT2D eigenvalue weighted by atomic mass is 9.71. The Morgan fingerprint density at radius 3 is 2.69 bits per heavy atom. The van der Waals surface area contributed by atoms with E-state index in [2.05, 4.69) is 20.9 Å². The van der Waals surface area contributed by atoms with Crippen LogP contribution in [-0.2, 0) is 14.4 Å². The zero-order chi connectivity index (χ0) is 27.7. The van der Waals surface area contributed by atoms with Crippen molar-refractivity contribution in [3.8, 4) is 6.07 Å². The van der Waals surface area contributed by atoms with E-state index < -0.39 is 54.3 Å². The average molecular weight is 543 g/mol. The molecule has 3 saturated heterocycles. The van der Waals surface area contributed by atoms with E-state index in [4.69, 9.17) is 0 Å². The molecule has 2 saturated carbocycles. The first kappa shape index (κ1) is 27.3. The highest BCUT2D eigenvalue weighted by atomic mass is 19.3. The van der Waals surface area contributed by atoms with Crippen LogP contribution in [0.1, 0.15) is 63.4 Å². The minimum absolute atomic E-state index is 0.103. The van der Waals surface area contributed by atoms with Crippen molar-refractivity contribution in [2.75, 3.05) is 11.9 Å². The molecule has 2 bridgehead atoms. The van der Waals surface area contributed by atoms with Crippen molar-refractivity contribution in [3.63, 3.8) is 0 Å². The van der Waals surface area contributed by atoms with Gasteiger partial charge in [0.2, 0.25) is 17.7 Å². The van der Waals surface area contributed by atoms with Crippen molar-refractivity contribution in [3.05, 3.63) is 24.0 Å². The van der Waals surface area contributed by atoms with Gasteiger partial charge < -0.3 is 20.9 Å². The van der Waals surface area contributed by atoms with Crippen LogP contribution in [0, 0.1) is 36.0 Å². The molecule has 5 fully saturated rings. The lowest BCUT2D eigenvalue weighted by Crippen LogP contribution is -2.70. The first-order valence-corrected chi connectivity index (χ1v) is 14.0. The second-order valence-electron chi connectivity index (χ2n) is 11.7. The van der Waals surface area contributed by atoms with Crippen LogP contribution in [0.2, 0.25) is 0 Å². The molecule has 0 unspecified atom stereocenters. The Kier molecular flexibility index (Phi) is 7.74. The van der Waals surface area contributed by atoms with Gasteiger partial charge in [0.25, 0.3) is 5.92 Å². The van der Waals surface area contributed by atoms with Crippen LogP contribution in [0.15, 0.2) is 18.5 Å². The maximum Gasteiger partial charge on any atom is 0.255 e. The van der Waals surface area contributed by atoms with Gasteiger partial charge in [0.05, 0.1) is 17.7 Å². The summed E-state index contributed by atoms with van der Waals surface area (Å²) in [7, 11) is 0. The minimum atomic E-state index is -3.09. The number of aromatic nitrogens is 1. The van der Waals surface area contributed by atoms with E-state index in [1.54, 1.807) is 12.4 Å². The molecule has 1 aromatic rings. The number of carbonyl (C=O) groups excluding carboxylic acids is 3. The third-order valence-corrected chi connectivity index (χ3v) is 8.63. The Hall–Kier alpha value is -3.29. The van der Waals surface area contributed by atoms with Crippen LogP contribution in [0.4, 0.5) is 14.5 Å². The van der Waals surface area contributed by atoms with Crippen LogP contribution in [0.3, 0.4) is 0 Å². The van der Waals surface area contributed by atoms with Gasteiger partial charge in [-0.25, -0.2) is 8.78 Å². The van der Waals surface area contributed by atoms with E-state index >= 15 is 8.78 Å². The number of nitrogens with zero attached hydrogens (tertiary/aromatic N) is 3. The third kappa shape index (κ3) is 5.99. The summed E-state index contributed by atoms with van der Waals surface area (Å²) in [6.07, 6.45) is 7.42. The fraction of sp³-hybridized carbons (Fsp3) is 0.679.